The van der Waals surface area contributed by atoms with Gasteiger partial charge in [0.15, 0.2) is 0 Å². The van der Waals surface area contributed by atoms with E-state index in [1.54, 1.807) is 41.3 Å². The lowest BCUT2D eigenvalue weighted by molar-refractivity contribution is 0.0734. The van der Waals surface area contributed by atoms with Crippen LogP contribution in [0.3, 0.4) is 0 Å². The summed E-state index contributed by atoms with van der Waals surface area (Å²) in [6.07, 6.45) is 0.721. The molecule has 0 unspecified atom stereocenters. The Kier molecular flexibility index (Phi) is 8.62. The van der Waals surface area contributed by atoms with Crippen LogP contribution in [0.4, 0.5) is 15.8 Å². The summed E-state index contributed by atoms with van der Waals surface area (Å²) >= 11 is 6.10. The molecule has 5 rings (SSSR count). The van der Waals surface area contributed by atoms with Crippen molar-refractivity contribution in [1.29, 1.82) is 0 Å². The van der Waals surface area contributed by atoms with Gasteiger partial charge in [0.05, 0.1) is 11.4 Å². The number of nitrogens with zero attached hydrogens (tertiary/aromatic N) is 3. The Morgan fingerprint density at radius 1 is 0.750 bits per heavy atom. The molecule has 2 N–H and O–H groups in total. The number of rotatable bonds is 5. The molecule has 10 heteroatoms. The van der Waals surface area contributed by atoms with Gasteiger partial charge in [-0.05, 0) is 67.1 Å². The third-order valence-electron chi connectivity index (χ3n) is 7.20. The van der Waals surface area contributed by atoms with Crippen LogP contribution < -0.4 is 15.5 Å². The summed E-state index contributed by atoms with van der Waals surface area (Å²) in [6.45, 7) is 4.95. The fourth-order valence-corrected chi connectivity index (χ4v) is 5.25. The van der Waals surface area contributed by atoms with E-state index in [0.29, 0.717) is 66.7 Å². The maximum atomic E-state index is 13.4. The Balaban J connectivity index is 1.39. The van der Waals surface area contributed by atoms with Crippen LogP contribution in [0, 0.1) is 5.82 Å². The second-order valence-corrected chi connectivity index (χ2v) is 10.3. The highest BCUT2D eigenvalue weighted by atomic mass is 35.5. The van der Waals surface area contributed by atoms with Gasteiger partial charge in [-0.1, -0.05) is 17.7 Å². The minimum atomic E-state index is -0.428. The van der Waals surface area contributed by atoms with Gasteiger partial charge in [-0.25, -0.2) is 4.39 Å². The van der Waals surface area contributed by atoms with Crippen molar-refractivity contribution < 1.29 is 18.8 Å². The van der Waals surface area contributed by atoms with Crippen LogP contribution in [-0.4, -0.2) is 79.9 Å². The first-order chi connectivity index (χ1) is 19.4. The van der Waals surface area contributed by atoms with Crippen molar-refractivity contribution in [3.63, 3.8) is 0 Å². The van der Waals surface area contributed by atoms with Gasteiger partial charge in [-0.15, -0.1) is 0 Å². The van der Waals surface area contributed by atoms with E-state index in [1.165, 1.54) is 24.3 Å². The number of hydrogen-bond donors (Lipinski definition) is 2. The van der Waals surface area contributed by atoms with Crippen LogP contribution in [0.1, 0.15) is 37.5 Å². The summed E-state index contributed by atoms with van der Waals surface area (Å²) in [4.78, 5) is 45.2. The molecular formula is C30H31ClFN5O3. The van der Waals surface area contributed by atoms with Gasteiger partial charge in [-0.2, -0.15) is 0 Å². The van der Waals surface area contributed by atoms with E-state index < -0.39 is 11.7 Å². The third kappa shape index (κ3) is 6.43. The topological polar surface area (TPSA) is 85.0 Å². The lowest BCUT2D eigenvalue weighted by Gasteiger charge is -2.29. The number of carbonyl (C=O) groups is 3. The lowest BCUT2D eigenvalue weighted by Crippen LogP contribution is -2.46. The van der Waals surface area contributed by atoms with Crippen molar-refractivity contribution in [2.45, 2.75) is 6.42 Å². The molecule has 3 amide bonds. The molecule has 2 heterocycles. The normalized spacial score (nSPS) is 15.9. The Morgan fingerprint density at radius 2 is 1.43 bits per heavy atom. The summed E-state index contributed by atoms with van der Waals surface area (Å²) in [5.74, 6) is -1.01. The van der Waals surface area contributed by atoms with Crippen molar-refractivity contribution in [2.24, 2.45) is 0 Å². The molecule has 2 aliphatic heterocycles. The van der Waals surface area contributed by atoms with Gasteiger partial charge < -0.3 is 25.3 Å². The smallest absolute Gasteiger partial charge is 0.255 e. The fraction of sp³-hybridized carbons (Fsp3) is 0.300. The van der Waals surface area contributed by atoms with E-state index in [0.717, 1.165) is 25.2 Å². The lowest BCUT2D eigenvalue weighted by atomic mass is 10.1. The van der Waals surface area contributed by atoms with Gasteiger partial charge in [0.25, 0.3) is 17.7 Å². The predicted molar refractivity (Wildman–Crippen MR) is 154 cm³/mol. The zero-order chi connectivity index (χ0) is 28.1. The Labute approximate surface area is 237 Å². The van der Waals surface area contributed by atoms with Crippen LogP contribution in [0.15, 0.2) is 66.7 Å². The highest BCUT2D eigenvalue weighted by Gasteiger charge is 2.24. The van der Waals surface area contributed by atoms with Crippen molar-refractivity contribution in [2.75, 3.05) is 62.6 Å². The molecule has 8 nitrogen and oxygen atoms in total. The number of benzene rings is 3. The first-order valence-corrected chi connectivity index (χ1v) is 13.8. The van der Waals surface area contributed by atoms with E-state index in [1.807, 2.05) is 11.0 Å². The third-order valence-corrected chi connectivity index (χ3v) is 7.43. The van der Waals surface area contributed by atoms with E-state index in [-0.39, 0.29) is 11.8 Å². The molecule has 2 fully saturated rings. The van der Waals surface area contributed by atoms with Gasteiger partial charge in [0.1, 0.15) is 5.82 Å². The maximum absolute atomic E-state index is 13.4. The Bertz CT molecular complexity index is 1390. The number of carbonyl (C=O) groups excluding carboxylic acids is 3. The average molecular weight is 564 g/mol. The molecule has 0 bridgehead atoms. The highest BCUT2D eigenvalue weighted by molar-refractivity contribution is 6.31. The van der Waals surface area contributed by atoms with Crippen molar-refractivity contribution in [3.05, 3.63) is 94.3 Å². The van der Waals surface area contributed by atoms with Crippen LogP contribution in [-0.2, 0) is 0 Å². The van der Waals surface area contributed by atoms with Gasteiger partial charge in [-0.3, -0.25) is 14.4 Å². The molecule has 0 atom stereocenters. The fourth-order valence-electron chi connectivity index (χ4n) is 5.06. The van der Waals surface area contributed by atoms with Gasteiger partial charge >= 0.3 is 0 Å². The van der Waals surface area contributed by atoms with Gasteiger partial charge in [0.2, 0.25) is 0 Å². The summed E-state index contributed by atoms with van der Waals surface area (Å²) in [5, 5.41) is 6.70. The molecule has 0 saturated carbocycles. The summed E-state index contributed by atoms with van der Waals surface area (Å²) < 4.78 is 13.4. The standard InChI is InChI=1S/C30H31ClFN5O3/c31-24-4-1-3-22(19-24)29(39)36-14-2-13-35(17-18-36)27-10-7-23(30(40)37-15-11-33-12-16-37)20-26(27)34-28(38)21-5-8-25(32)9-6-21/h1,3-10,19-20,33H,2,11-18H2,(H,34,38). The number of piperazine rings is 1. The number of nitrogens with one attached hydrogen (secondary N) is 2. The summed E-state index contributed by atoms with van der Waals surface area (Å²) in [6, 6.07) is 17.6. The zero-order valence-electron chi connectivity index (χ0n) is 22.0. The molecule has 208 valence electrons. The first-order valence-electron chi connectivity index (χ1n) is 13.4. The van der Waals surface area contributed by atoms with Crippen LogP contribution in [0.5, 0.6) is 0 Å². The SMILES string of the molecule is O=C(Nc1cc(C(=O)N2CCNCC2)ccc1N1CCCN(C(=O)c2cccc(Cl)c2)CC1)c1ccc(F)cc1. The van der Waals surface area contributed by atoms with E-state index in [9.17, 15) is 18.8 Å². The quantitative estimate of drug-likeness (QED) is 0.488. The van der Waals surface area contributed by atoms with E-state index in [2.05, 4.69) is 15.5 Å². The molecule has 3 aromatic carbocycles. The first kappa shape index (κ1) is 27.6. The van der Waals surface area contributed by atoms with Crippen molar-refractivity contribution in [1.82, 2.24) is 15.1 Å². The summed E-state index contributed by atoms with van der Waals surface area (Å²) in [7, 11) is 0. The summed E-state index contributed by atoms with van der Waals surface area (Å²) in [5.41, 5.74) is 2.58. The molecule has 3 aromatic rings. The second kappa shape index (κ2) is 12.5. The molecular weight excluding hydrogens is 533 g/mol. The molecule has 0 spiro atoms. The largest absolute Gasteiger partial charge is 0.368 e. The number of hydrogen-bond acceptors (Lipinski definition) is 5. The molecule has 0 radical (unpaired) electrons. The second-order valence-electron chi connectivity index (χ2n) is 9.88. The molecule has 0 aliphatic carbocycles. The molecule has 0 aromatic heterocycles. The zero-order valence-corrected chi connectivity index (χ0v) is 22.8. The minimum Gasteiger partial charge on any atom is -0.368 e. The molecule has 2 aliphatic rings. The van der Waals surface area contributed by atoms with Crippen LogP contribution >= 0.6 is 11.6 Å². The predicted octanol–water partition coefficient (Wildman–Crippen LogP) is 4.13. The van der Waals surface area contributed by atoms with E-state index >= 15 is 0 Å². The van der Waals surface area contributed by atoms with E-state index in [4.69, 9.17) is 11.6 Å². The van der Waals surface area contributed by atoms with Gasteiger partial charge in [0, 0.05) is 74.1 Å². The number of halogens is 2. The Hall–Kier alpha value is -3.95. The number of amides is 3. The minimum absolute atomic E-state index is 0.0776. The average Bonchev–Trinajstić information content (AvgIpc) is 3.23. The highest BCUT2D eigenvalue weighted by Crippen LogP contribution is 2.30. The van der Waals surface area contributed by atoms with Crippen molar-refractivity contribution in [3.8, 4) is 0 Å². The van der Waals surface area contributed by atoms with Crippen LogP contribution in [0.25, 0.3) is 0 Å². The number of anilines is 2. The van der Waals surface area contributed by atoms with Crippen molar-refractivity contribution >= 4 is 40.7 Å². The molecule has 40 heavy (non-hydrogen) atoms. The monoisotopic (exact) mass is 563 g/mol. The molecule has 2 saturated heterocycles. The maximum Gasteiger partial charge on any atom is 0.255 e. The van der Waals surface area contributed by atoms with Crippen LogP contribution in [0.2, 0.25) is 5.02 Å². The Morgan fingerprint density at radius 3 is 2.15 bits per heavy atom.